The van der Waals surface area contributed by atoms with E-state index in [0.29, 0.717) is 22.8 Å². The zero-order valence-corrected chi connectivity index (χ0v) is 11.9. The van der Waals surface area contributed by atoms with Gasteiger partial charge in [0.25, 0.3) is 0 Å². The maximum absolute atomic E-state index is 12.8. The Morgan fingerprint density at radius 3 is 2.55 bits per heavy atom. The molecule has 1 aromatic carbocycles. The van der Waals surface area contributed by atoms with Crippen molar-refractivity contribution in [3.8, 4) is 0 Å². The van der Waals surface area contributed by atoms with E-state index in [-0.39, 0.29) is 11.8 Å². The van der Waals surface area contributed by atoms with E-state index in [1.165, 1.54) is 4.90 Å². The lowest BCUT2D eigenvalue weighted by Crippen LogP contribution is -2.37. The number of hydrogen-bond donors (Lipinski definition) is 1. The average molecular weight is 293 g/mol. The molecule has 0 radical (unpaired) electrons. The standard InChI is InChI=1S/C15H17ClN2O2/c16-10-4-5-11(17)12(8-10)18-13(19)9-15(14(18)20)6-2-1-3-7-15/h4-5,8H,1-3,6-7,9,17H2. The molecule has 5 heteroatoms. The predicted molar refractivity (Wildman–Crippen MR) is 78.5 cm³/mol. The first kappa shape index (κ1) is 13.4. The highest BCUT2D eigenvalue weighted by Gasteiger charge is 2.52. The molecule has 1 aromatic rings. The van der Waals surface area contributed by atoms with Crippen LogP contribution in [0.3, 0.4) is 0 Å². The number of nitrogen functional groups attached to an aromatic ring is 1. The lowest BCUT2D eigenvalue weighted by molar-refractivity contribution is -0.127. The Morgan fingerprint density at radius 2 is 1.85 bits per heavy atom. The van der Waals surface area contributed by atoms with Gasteiger partial charge < -0.3 is 5.73 Å². The highest BCUT2D eigenvalue weighted by Crippen LogP contribution is 2.47. The number of halogens is 1. The maximum Gasteiger partial charge on any atom is 0.240 e. The van der Waals surface area contributed by atoms with E-state index >= 15 is 0 Å². The van der Waals surface area contributed by atoms with E-state index in [9.17, 15) is 9.59 Å². The second-order valence-corrected chi connectivity index (χ2v) is 6.19. The van der Waals surface area contributed by atoms with Crippen LogP contribution in [0.1, 0.15) is 38.5 Å². The van der Waals surface area contributed by atoms with E-state index in [4.69, 9.17) is 17.3 Å². The van der Waals surface area contributed by atoms with Crippen molar-refractivity contribution in [3.05, 3.63) is 23.2 Å². The lowest BCUT2D eigenvalue weighted by Gasteiger charge is -2.30. The first-order valence-corrected chi connectivity index (χ1v) is 7.34. The third-order valence-corrected chi connectivity index (χ3v) is 4.67. The number of imide groups is 1. The number of nitrogens with zero attached hydrogens (tertiary/aromatic N) is 1. The van der Waals surface area contributed by atoms with Crippen LogP contribution in [-0.2, 0) is 9.59 Å². The largest absolute Gasteiger partial charge is 0.397 e. The zero-order valence-electron chi connectivity index (χ0n) is 11.2. The molecule has 0 bridgehead atoms. The minimum Gasteiger partial charge on any atom is -0.397 e. The number of rotatable bonds is 1. The smallest absolute Gasteiger partial charge is 0.240 e. The Balaban J connectivity index is 2.00. The van der Waals surface area contributed by atoms with Crippen molar-refractivity contribution in [1.82, 2.24) is 0 Å². The van der Waals surface area contributed by atoms with Crippen LogP contribution >= 0.6 is 11.6 Å². The van der Waals surface area contributed by atoms with E-state index in [1.54, 1.807) is 18.2 Å². The third-order valence-electron chi connectivity index (χ3n) is 4.44. The summed E-state index contributed by atoms with van der Waals surface area (Å²) in [5.41, 5.74) is 6.24. The summed E-state index contributed by atoms with van der Waals surface area (Å²) in [6.07, 6.45) is 5.07. The van der Waals surface area contributed by atoms with Crippen LogP contribution in [0.4, 0.5) is 11.4 Å². The zero-order chi connectivity index (χ0) is 14.3. The van der Waals surface area contributed by atoms with E-state index in [0.717, 1.165) is 32.1 Å². The first-order chi connectivity index (χ1) is 9.53. The van der Waals surface area contributed by atoms with Gasteiger partial charge in [-0.2, -0.15) is 0 Å². The summed E-state index contributed by atoms with van der Waals surface area (Å²) in [5.74, 6) is -0.262. The number of carbonyl (C=O) groups is 2. The van der Waals surface area contributed by atoms with Gasteiger partial charge in [-0.3, -0.25) is 9.59 Å². The molecule has 1 spiro atoms. The van der Waals surface area contributed by atoms with Crippen LogP contribution in [0.15, 0.2) is 18.2 Å². The molecule has 20 heavy (non-hydrogen) atoms. The molecule has 3 rings (SSSR count). The minimum absolute atomic E-state index is 0.101. The van der Waals surface area contributed by atoms with Gasteiger partial charge in [-0.25, -0.2) is 4.90 Å². The molecule has 1 saturated carbocycles. The molecular weight excluding hydrogens is 276 g/mol. The van der Waals surface area contributed by atoms with E-state index in [2.05, 4.69) is 0 Å². The molecule has 1 saturated heterocycles. The molecule has 2 N–H and O–H groups in total. The Morgan fingerprint density at radius 1 is 1.15 bits per heavy atom. The van der Waals surface area contributed by atoms with E-state index < -0.39 is 5.41 Å². The summed E-state index contributed by atoms with van der Waals surface area (Å²) >= 11 is 5.96. The highest BCUT2D eigenvalue weighted by molar-refractivity contribution is 6.32. The number of anilines is 2. The molecule has 106 valence electrons. The van der Waals surface area contributed by atoms with Crippen molar-refractivity contribution in [1.29, 1.82) is 0 Å². The van der Waals surface area contributed by atoms with Gasteiger partial charge in [-0.1, -0.05) is 30.9 Å². The molecule has 0 aromatic heterocycles. The molecule has 2 aliphatic rings. The van der Waals surface area contributed by atoms with Crippen LogP contribution in [-0.4, -0.2) is 11.8 Å². The van der Waals surface area contributed by atoms with Crippen LogP contribution in [0.2, 0.25) is 5.02 Å². The second kappa shape index (κ2) is 4.77. The molecule has 0 unspecified atom stereocenters. The molecule has 2 amide bonds. The summed E-state index contributed by atoms with van der Waals surface area (Å²) < 4.78 is 0. The van der Waals surface area contributed by atoms with Crippen molar-refractivity contribution < 1.29 is 9.59 Å². The van der Waals surface area contributed by atoms with E-state index in [1.807, 2.05) is 0 Å². The Bertz CT molecular complexity index is 579. The topological polar surface area (TPSA) is 63.4 Å². The predicted octanol–water partition coefficient (Wildman–Crippen LogP) is 3.14. The summed E-state index contributed by atoms with van der Waals surface area (Å²) in [4.78, 5) is 26.3. The van der Waals surface area contributed by atoms with Gasteiger partial charge in [0.15, 0.2) is 0 Å². The lowest BCUT2D eigenvalue weighted by atomic mass is 9.73. The quantitative estimate of drug-likeness (QED) is 0.639. The fraction of sp³-hybridized carbons (Fsp3) is 0.467. The van der Waals surface area contributed by atoms with Crippen molar-refractivity contribution >= 4 is 34.8 Å². The number of amides is 2. The Hall–Kier alpha value is -1.55. The van der Waals surface area contributed by atoms with Gasteiger partial charge in [0.1, 0.15) is 0 Å². The van der Waals surface area contributed by atoms with Gasteiger partial charge in [-0.05, 0) is 31.0 Å². The summed E-state index contributed by atoms with van der Waals surface area (Å²) in [6.45, 7) is 0. The molecule has 1 aliphatic carbocycles. The van der Waals surface area contributed by atoms with Gasteiger partial charge >= 0.3 is 0 Å². The second-order valence-electron chi connectivity index (χ2n) is 5.76. The normalized spacial score (nSPS) is 21.8. The van der Waals surface area contributed by atoms with Crippen molar-refractivity contribution in [2.45, 2.75) is 38.5 Å². The van der Waals surface area contributed by atoms with Crippen LogP contribution in [0, 0.1) is 5.41 Å². The fourth-order valence-electron chi connectivity index (χ4n) is 3.37. The molecule has 0 atom stereocenters. The molecular formula is C15H17ClN2O2. The average Bonchev–Trinajstić information content (AvgIpc) is 2.65. The first-order valence-electron chi connectivity index (χ1n) is 6.96. The van der Waals surface area contributed by atoms with Crippen LogP contribution in [0.25, 0.3) is 0 Å². The molecule has 4 nitrogen and oxygen atoms in total. The van der Waals surface area contributed by atoms with Gasteiger partial charge in [-0.15, -0.1) is 0 Å². The SMILES string of the molecule is Nc1ccc(Cl)cc1N1C(=O)CC2(CCCCC2)C1=O. The Kier molecular flexibility index (Phi) is 3.21. The molecule has 1 heterocycles. The summed E-state index contributed by atoms with van der Waals surface area (Å²) in [7, 11) is 0. The fourth-order valence-corrected chi connectivity index (χ4v) is 3.53. The van der Waals surface area contributed by atoms with Crippen molar-refractivity contribution in [2.24, 2.45) is 5.41 Å². The maximum atomic E-state index is 12.8. The number of hydrogen-bond acceptors (Lipinski definition) is 3. The number of nitrogens with two attached hydrogens (primary N) is 1. The Labute approximate surface area is 122 Å². The summed E-state index contributed by atoms with van der Waals surface area (Å²) in [6, 6.07) is 4.88. The van der Waals surface area contributed by atoms with Crippen LogP contribution in [0.5, 0.6) is 0 Å². The van der Waals surface area contributed by atoms with Gasteiger partial charge in [0, 0.05) is 11.4 Å². The molecule has 2 fully saturated rings. The minimum atomic E-state index is -0.496. The van der Waals surface area contributed by atoms with Gasteiger partial charge in [0.2, 0.25) is 11.8 Å². The number of carbonyl (C=O) groups excluding carboxylic acids is 2. The summed E-state index contributed by atoms with van der Waals surface area (Å²) in [5, 5.41) is 0.472. The van der Waals surface area contributed by atoms with Gasteiger partial charge in [0.05, 0.1) is 16.8 Å². The third kappa shape index (κ3) is 1.99. The monoisotopic (exact) mass is 292 g/mol. The van der Waals surface area contributed by atoms with Crippen LogP contribution < -0.4 is 10.6 Å². The molecule has 1 aliphatic heterocycles. The van der Waals surface area contributed by atoms with Crippen molar-refractivity contribution in [2.75, 3.05) is 10.6 Å². The van der Waals surface area contributed by atoms with Crippen molar-refractivity contribution in [3.63, 3.8) is 0 Å². The number of benzene rings is 1. The highest BCUT2D eigenvalue weighted by atomic mass is 35.5.